The number of thioether (sulfide) groups is 1. The monoisotopic (exact) mass is 371 g/mol. The predicted molar refractivity (Wildman–Crippen MR) is 109 cm³/mol. The van der Waals surface area contributed by atoms with Gasteiger partial charge in [-0.05, 0) is 67.5 Å². The van der Waals surface area contributed by atoms with Crippen LogP contribution in [0.25, 0.3) is 0 Å². The molecule has 1 fully saturated rings. The van der Waals surface area contributed by atoms with Crippen LogP contribution in [0.15, 0.2) is 53.4 Å². The molecule has 2 aromatic carbocycles. The van der Waals surface area contributed by atoms with Gasteiger partial charge in [0.1, 0.15) is 5.75 Å². The zero-order chi connectivity index (χ0) is 18.4. The lowest BCUT2D eigenvalue weighted by Gasteiger charge is -2.42. The van der Waals surface area contributed by atoms with Crippen molar-refractivity contribution in [2.24, 2.45) is 5.41 Å². The number of aliphatic hydroxyl groups excluding tert-OH is 1. The molecule has 1 saturated heterocycles. The van der Waals surface area contributed by atoms with Crippen molar-refractivity contribution in [2.45, 2.75) is 30.7 Å². The average Bonchev–Trinajstić information content (AvgIpc) is 2.69. The van der Waals surface area contributed by atoms with Crippen molar-refractivity contribution in [3.63, 3.8) is 0 Å². The van der Waals surface area contributed by atoms with Crippen LogP contribution in [0.3, 0.4) is 0 Å². The Bertz CT molecular complexity index is 704. The second-order valence-electron chi connectivity index (χ2n) is 7.35. The fourth-order valence-electron chi connectivity index (χ4n) is 3.98. The largest absolute Gasteiger partial charge is 0.497 e. The highest BCUT2D eigenvalue weighted by molar-refractivity contribution is 7.98. The summed E-state index contributed by atoms with van der Waals surface area (Å²) < 4.78 is 5.35. The molecular weight excluding hydrogens is 342 g/mol. The van der Waals surface area contributed by atoms with E-state index < -0.39 is 0 Å². The Morgan fingerprint density at radius 3 is 2.65 bits per heavy atom. The molecule has 0 saturated carbocycles. The van der Waals surface area contributed by atoms with Gasteiger partial charge < -0.3 is 9.84 Å². The SMILES string of the molecule is COc1cccc(C[C@]2(CO)CCCN(Cc3ccc(SC)cc3)C2)c1. The lowest BCUT2D eigenvalue weighted by atomic mass is 9.75. The number of hydrogen-bond donors (Lipinski definition) is 1. The highest BCUT2D eigenvalue weighted by Gasteiger charge is 2.35. The standard InChI is InChI=1S/C22H29NO2S/c1-25-20-6-3-5-19(13-20)14-22(17-24)11-4-12-23(16-22)15-18-7-9-21(26-2)10-8-18/h3,5-10,13,24H,4,11-12,14-17H2,1-2H3/t22-/m1/s1. The molecule has 1 N–H and O–H groups in total. The van der Waals surface area contributed by atoms with Crippen LogP contribution >= 0.6 is 11.8 Å². The molecule has 1 aliphatic rings. The molecule has 4 heteroatoms. The number of methoxy groups -OCH3 is 1. The third kappa shape index (κ3) is 4.81. The van der Waals surface area contributed by atoms with Crippen LogP contribution in [0, 0.1) is 5.41 Å². The number of piperidine rings is 1. The Hall–Kier alpha value is -1.49. The third-order valence-electron chi connectivity index (χ3n) is 5.35. The summed E-state index contributed by atoms with van der Waals surface area (Å²) in [6, 6.07) is 17.1. The van der Waals surface area contributed by atoms with Gasteiger partial charge in [0.2, 0.25) is 0 Å². The van der Waals surface area contributed by atoms with Gasteiger partial charge in [0.25, 0.3) is 0 Å². The summed E-state index contributed by atoms with van der Waals surface area (Å²) >= 11 is 1.77. The minimum absolute atomic E-state index is 0.0656. The van der Waals surface area contributed by atoms with Gasteiger partial charge in [0, 0.05) is 23.4 Å². The molecular formula is C22H29NO2S. The van der Waals surface area contributed by atoms with E-state index in [2.05, 4.69) is 47.6 Å². The van der Waals surface area contributed by atoms with Gasteiger partial charge in [0.05, 0.1) is 13.7 Å². The molecule has 0 radical (unpaired) electrons. The van der Waals surface area contributed by atoms with Gasteiger partial charge in [-0.3, -0.25) is 4.90 Å². The van der Waals surface area contributed by atoms with E-state index in [1.54, 1.807) is 18.9 Å². The summed E-state index contributed by atoms with van der Waals surface area (Å²) in [5, 5.41) is 10.2. The molecule has 3 nitrogen and oxygen atoms in total. The summed E-state index contributed by atoms with van der Waals surface area (Å²) in [7, 11) is 1.70. The van der Waals surface area contributed by atoms with Gasteiger partial charge in [-0.1, -0.05) is 24.3 Å². The topological polar surface area (TPSA) is 32.7 Å². The van der Waals surface area contributed by atoms with E-state index in [9.17, 15) is 5.11 Å². The predicted octanol–water partition coefficient (Wildman–Crippen LogP) is 4.23. The van der Waals surface area contributed by atoms with Crippen LogP contribution in [0.4, 0.5) is 0 Å². The van der Waals surface area contributed by atoms with Gasteiger partial charge in [-0.15, -0.1) is 11.8 Å². The van der Waals surface area contributed by atoms with Crippen molar-refractivity contribution in [3.05, 3.63) is 59.7 Å². The second kappa shape index (κ2) is 8.94. The Balaban J connectivity index is 1.69. The summed E-state index contributed by atoms with van der Waals surface area (Å²) in [5.74, 6) is 0.886. The van der Waals surface area contributed by atoms with E-state index in [0.29, 0.717) is 0 Å². The third-order valence-corrected chi connectivity index (χ3v) is 6.10. The molecule has 1 aliphatic heterocycles. The number of aliphatic hydroxyl groups is 1. The van der Waals surface area contributed by atoms with Crippen LogP contribution in [-0.2, 0) is 13.0 Å². The fraction of sp³-hybridized carbons (Fsp3) is 0.455. The van der Waals surface area contributed by atoms with Crippen molar-refractivity contribution >= 4 is 11.8 Å². The Kier molecular flexibility index (Phi) is 6.63. The number of hydrogen-bond acceptors (Lipinski definition) is 4. The smallest absolute Gasteiger partial charge is 0.119 e. The molecule has 0 aliphatic carbocycles. The van der Waals surface area contributed by atoms with E-state index in [-0.39, 0.29) is 12.0 Å². The summed E-state index contributed by atoms with van der Waals surface area (Å²) in [6.45, 7) is 3.22. The van der Waals surface area contributed by atoms with E-state index >= 15 is 0 Å². The Morgan fingerprint density at radius 1 is 1.15 bits per heavy atom. The van der Waals surface area contributed by atoms with Crippen molar-refractivity contribution in [1.29, 1.82) is 0 Å². The van der Waals surface area contributed by atoms with Crippen LogP contribution in [0.5, 0.6) is 5.75 Å². The number of nitrogens with zero attached hydrogens (tertiary/aromatic N) is 1. The summed E-state index contributed by atoms with van der Waals surface area (Å²) in [5.41, 5.74) is 2.52. The maximum absolute atomic E-state index is 10.2. The molecule has 26 heavy (non-hydrogen) atoms. The number of likely N-dealkylation sites (tertiary alicyclic amines) is 1. The number of benzene rings is 2. The van der Waals surface area contributed by atoms with E-state index in [4.69, 9.17) is 4.74 Å². The molecule has 1 atom stereocenters. The highest BCUT2D eigenvalue weighted by atomic mass is 32.2. The van der Waals surface area contributed by atoms with Gasteiger partial charge in [-0.2, -0.15) is 0 Å². The highest BCUT2D eigenvalue weighted by Crippen LogP contribution is 2.34. The van der Waals surface area contributed by atoms with Gasteiger partial charge in [-0.25, -0.2) is 0 Å². The van der Waals surface area contributed by atoms with Crippen molar-refractivity contribution in [3.8, 4) is 5.75 Å². The first-order valence-corrected chi connectivity index (χ1v) is 10.5. The number of ether oxygens (including phenoxy) is 1. The Labute approximate surface area is 161 Å². The first-order valence-electron chi connectivity index (χ1n) is 9.25. The van der Waals surface area contributed by atoms with Crippen molar-refractivity contribution < 1.29 is 9.84 Å². The summed E-state index contributed by atoms with van der Waals surface area (Å²) in [4.78, 5) is 3.80. The lowest BCUT2D eigenvalue weighted by Crippen LogP contribution is -2.46. The molecule has 140 valence electrons. The first kappa shape index (κ1) is 19.3. The zero-order valence-electron chi connectivity index (χ0n) is 15.8. The summed E-state index contributed by atoms with van der Waals surface area (Å²) in [6.07, 6.45) is 5.20. The minimum Gasteiger partial charge on any atom is -0.497 e. The van der Waals surface area contributed by atoms with Crippen LogP contribution < -0.4 is 4.74 Å². The van der Waals surface area contributed by atoms with Crippen molar-refractivity contribution in [2.75, 3.05) is 33.1 Å². The maximum atomic E-state index is 10.2. The normalized spacial score (nSPS) is 20.9. The van der Waals surface area contributed by atoms with E-state index in [0.717, 1.165) is 44.6 Å². The van der Waals surface area contributed by atoms with Crippen LogP contribution in [-0.4, -0.2) is 43.1 Å². The number of rotatable bonds is 7. The first-order chi connectivity index (χ1) is 12.7. The zero-order valence-corrected chi connectivity index (χ0v) is 16.6. The molecule has 0 bridgehead atoms. The minimum atomic E-state index is -0.0656. The van der Waals surface area contributed by atoms with E-state index in [1.807, 2.05) is 12.1 Å². The lowest BCUT2D eigenvalue weighted by molar-refractivity contribution is 0.0288. The molecule has 0 amide bonds. The molecule has 0 aromatic heterocycles. The fourth-order valence-corrected chi connectivity index (χ4v) is 4.39. The molecule has 2 aromatic rings. The molecule has 3 rings (SSSR count). The molecule has 1 heterocycles. The second-order valence-corrected chi connectivity index (χ2v) is 8.23. The van der Waals surface area contributed by atoms with Gasteiger partial charge >= 0.3 is 0 Å². The molecule has 0 spiro atoms. The van der Waals surface area contributed by atoms with Crippen LogP contribution in [0.2, 0.25) is 0 Å². The average molecular weight is 372 g/mol. The quantitative estimate of drug-likeness (QED) is 0.738. The molecule has 0 unspecified atom stereocenters. The van der Waals surface area contributed by atoms with Gasteiger partial charge in [0.15, 0.2) is 0 Å². The van der Waals surface area contributed by atoms with Crippen molar-refractivity contribution in [1.82, 2.24) is 4.90 Å². The maximum Gasteiger partial charge on any atom is 0.119 e. The Morgan fingerprint density at radius 2 is 1.96 bits per heavy atom. The van der Waals surface area contributed by atoms with Crippen LogP contribution in [0.1, 0.15) is 24.0 Å². The van der Waals surface area contributed by atoms with E-state index in [1.165, 1.54) is 16.0 Å².